The van der Waals surface area contributed by atoms with Crippen LogP contribution in [0.15, 0.2) is 34.2 Å². The van der Waals surface area contributed by atoms with Crippen LogP contribution in [0.5, 0.6) is 0 Å². The summed E-state index contributed by atoms with van der Waals surface area (Å²) in [5.41, 5.74) is 0.626. The van der Waals surface area contributed by atoms with Gasteiger partial charge < -0.3 is 15.4 Å². The largest absolute Gasteiger partial charge is 0.478 e. The predicted octanol–water partition coefficient (Wildman–Crippen LogP) is 2.16. The van der Waals surface area contributed by atoms with Crippen molar-refractivity contribution in [2.45, 2.75) is 12.1 Å². The fourth-order valence-corrected chi connectivity index (χ4v) is 2.70. The third kappa shape index (κ3) is 4.83. The van der Waals surface area contributed by atoms with Crippen molar-refractivity contribution in [3.63, 3.8) is 0 Å². The molecule has 0 aliphatic carbocycles. The Labute approximate surface area is 140 Å². The third-order valence-electron chi connectivity index (χ3n) is 2.67. The Hall–Kier alpha value is -2.32. The van der Waals surface area contributed by atoms with E-state index in [4.69, 9.17) is 16.7 Å². The molecule has 0 spiro atoms. The fourth-order valence-electron chi connectivity index (χ4n) is 1.72. The number of nitrogens with zero attached hydrogens (tertiary/aromatic N) is 1. The molecule has 1 amide bonds. The Bertz CT molecular complexity index is 822. The molecule has 0 saturated heterocycles. The lowest BCUT2D eigenvalue weighted by atomic mass is 10.2. The van der Waals surface area contributed by atoms with Crippen LogP contribution in [0, 0.1) is 6.92 Å². The zero-order chi connectivity index (χ0) is 17.0. The average molecular weight is 354 g/mol. The number of carbonyl (C=O) groups excluding carboxylic acids is 1. The second-order valence-electron chi connectivity index (χ2n) is 4.53. The van der Waals surface area contributed by atoms with Crippen LogP contribution in [-0.2, 0) is 4.79 Å². The van der Waals surface area contributed by atoms with Crippen LogP contribution in [0.25, 0.3) is 0 Å². The molecule has 0 unspecified atom stereocenters. The van der Waals surface area contributed by atoms with Gasteiger partial charge in [-0.25, -0.2) is 9.78 Å². The number of aromatic nitrogens is 2. The number of anilines is 1. The monoisotopic (exact) mass is 353 g/mol. The molecule has 0 aliphatic heterocycles. The number of hydrogen-bond donors (Lipinski definition) is 3. The smallest absolute Gasteiger partial charge is 0.337 e. The summed E-state index contributed by atoms with van der Waals surface area (Å²) in [7, 11) is 0. The van der Waals surface area contributed by atoms with Gasteiger partial charge in [0.05, 0.1) is 16.3 Å². The highest BCUT2D eigenvalue weighted by atomic mass is 35.5. The van der Waals surface area contributed by atoms with Crippen LogP contribution in [0.1, 0.15) is 16.1 Å². The molecule has 1 aromatic carbocycles. The second-order valence-corrected chi connectivity index (χ2v) is 5.90. The zero-order valence-electron chi connectivity index (χ0n) is 11.9. The Kier molecular flexibility index (Phi) is 5.41. The van der Waals surface area contributed by atoms with Crippen molar-refractivity contribution in [3.05, 3.63) is 50.9 Å². The van der Waals surface area contributed by atoms with Gasteiger partial charge in [0.15, 0.2) is 5.16 Å². The number of halogens is 1. The summed E-state index contributed by atoms with van der Waals surface area (Å²) in [5, 5.41) is 11.9. The van der Waals surface area contributed by atoms with Crippen LogP contribution < -0.4 is 10.9 Å². The summed E-state index contributed by atoms with van der Waals surface area (Å²) >= 11 is 6.91. The van der Waals surface area contributed by atoms with Crippen molar-refractivity contribution in [1.82, 2.24) is 9.97 Å². The Morgan fingerprint density at radius 1 is 1.39 bits per heavy atom. The summed E-state index contributed by atoms with van der Waals surface area (Å²) in [6.45, 7) is 1.69. The van der Waals surface area contributed by atoms with E-state index in [2.05, 4.69) is 15.3 Å². The Balaban J connectivity index is 1.98. The highest BCUT2D eigenvalue weighted by Gasteiger charge is 2.11. The minimum atomic E-state index is -1.14. The number of aryl methyl sites for hydroxylation is 1. The minimum Gasteiger partial charge on any atom is -0.478 e. The number of hydrogen-bond acceptors (Lipinski definition) is 5. The van der Waals surface area contributed by atoms with Crippen molar-refractivity contribution in [1.29, 1.82) is 0 Å². The predicted molar refractivity (Wildman–Crippen MR) is 87.4 cm³/mol. The number of nitrogens with one attached hydrogen (secondary N) is 2. The van der Waals surface area contributed by atoms with Crippen LogP contribution in [-0.4, -0.2) is 32.7 Å². The average Bonchev–Trinajstić information content (AvgIpc) is 2.44. The Morgan fingerprint density at radius 2 is 2.13 bits per heavy atom. The van der Waals surface area contributed by atoms with Gasteiger partial charge in [-0.1, -0.05) is 23.4 Å². The van der Waals surface area contributed by atoms with E-state index in [1.165, 1.54) is 24.3 Å². The standard InChI is InChI=1S/C14H12ClN3O4S/c1-7-4-11(19)18-14(16-7)23-6-12(20)17-8-2-3-9(13(21)22)10(15)5-8/h2-5H,6H2,1H3,(H,17,20)(H,21,22)(H,16,18,19). The van der Waals surface area contributed by atoms with E-state index in [1.807, 2.05) is 0 Å². The molecule has 120 valence electrons. The lowest BCUT2D eigenvalue weighted by molar-refractivity contribution is -0.113. The van der Waals surface area contributed by atoms with Gasteiger partial charge in [0.25, 0.3) is 5.56 Å². The molecule has 23 heavy (non-hydrogen) atoms. The molecule has 0 aliphatic rings. The van der Waals surface area contributed by atoms with Crippen molar-refractivity contribution in [3.8, 4) is 0 Å². The van der Waals surface area contributed by atoms with Crippen molar-refractivity contribution < 1.29 is 14.7 Å². The van der Waals surface area contributed by atoms with Gasteiger partial charge in [-0.05, 0) is 25.1 Å². The first-order chi connectivity index (χ1) is 10.8. The molecule has 1 heterocycles. The molecule has 0 bridgehead atoms. The van der Waals surface area contributed by atoms with Crippen molar-refractivity contribution in [2.24, 2.45) is 0 Å². The molecule has 2 rings (SSSR count). The van der Waals surface area contributed by atoms with E-state index in [1.54, 1.807) is 6.92 Å². The molecule has 7 nitrogen and oxygen atoms in total. The number of rotatable bonds is 5. The first kappa shape index (κ1) is 17.0. The number of H-pyrrole nitrogens is 1. The van der Waals surface area contributed by atoms with E-state index in [0.29, 0.717) is 16.5 Å². The van der Waals surface area contributed by atoms with E-state index < -0.39 is 5.97 Å². The van der Waals surface area contributed by atoms with E-state index in [9.17, 15) is 14.4 Å². The molecule has 2 aromatic rings. The summed E-state index contributed by atoms with van der Waals surface area (Å²) in [5.74, 6) is -1.44. The summed E-state index contributed by atoms with van der Waals surface area (Å²) in [6.07, 6.45) is 0. The summed E-state index contributed by atoms with van der Waals surface area (Å²) in [6, 6.07) is 5.48. The van der Waals surface area contributed by atoms with Gasteiger partial charge in [0.1, 0.15) is 0 Å². The zero-order valence-corrected chi connectivity index (χ0v) is 13.5. The number of benzene rings is 1. The van der Waals surface area contributed by atoms with Crippen LogP contribution in [0.2, 0.25) is 5.02 Å². The van der Waals surface area contributed by atoms with E-state index in [-0.39, 0.29) is 27.8 Å². The van der Waals surface area contributed by atoms with Gasteiger partial charge in [0.2, 0.25) is 5.91 Å². The number of thioether (sulfide) groups is 1. The fraction of sp³-hybridized carbons (Fsp3) is 0.143. The van der Waals surface area contributed by atoms with Crippen molar-refractivity contribution in [2.75, 3.05) is 11.1 Å². The van der Waals surface area contributed by atoms with Crippen LogP contribution >= 0.6 is 23.4 Å². The molecule has 3 N–H and O–H groups in total. The summed E-state index contributed by atoms with van der Waals surface area (Å²) in [4.78, 5) is 40.7. The number of carboxylic acid groups (broad SMARTS) is 1. The first-order valence-corrected chi connectivity index (χ1v) is 7.75. The maximum atomic E-state index is 11.9. The van der Waals surface area contributed by atoms with Crippen LogP contribution in [0.4, 0.5) is 5.69 Å². The normalized spacial score (nSPS) is 10.3. The topological polar surface area (TPSA) is 112 Å². The molecule has 0 radical (unpaired) electrons. The molecule has 0 saturated carbocycles. The molecular formula is C14H12ClN3O4S. The number of carboxylic acids is 1. The van der Waals surface area contributed by atoms with E-state index in [0.717, 1.165) is 11.8 Å². The Morgan fingerprint density at radius 3 is 2.74 bits per heavy atom. The van der Waals surface area contributed by atoms with Gasteiger partial charge in [-0.2, -0.15) is 0 Å². The molecule has 1 aromatic heterocycles. The lowest BCUT2D eigenvalue weighted by Gasteiger charge is -2.07. The molecule has 9 heteroatoms. The van der Waals surface area contributed by atoms with Gasteiger partial charge in [-0.3, -0.25) is 9.59 Å². The SMILES string of the molecule is Cc1cc(=O)[nH]c(SCC(=O)Nc2ccc(C(=O)O)c(Cl)c2)n1. The lowest BCUT2D eigenvalue weighted by Crippen LogP contribution is -2.15. The maximum absolute atomic E-state index is 11.9. The number of amides is 1. The first-order valence-electron chi connectivity index (χ1n) is 6.38. The van der Waals surface area contributed by atoms with Gasteiger partial charge >= 0.3 is 5.97 Å². The molecule has 0 atom stereocenters. The minimum absolute atomic E-state index is 0.0324. The van der Waals surface area contributed by atoms with Gasteiger partial charge in [-0.15, -0.1) is 0 Å². The highest BCUT2D eigenvalue weighted by Crippen LogP contribution is 2.21. The molecule has 0 fully saturated rings. The number of carbonyl (C=O) groups is 2. The maximum Gasteiger partial charge on any atom is 0.337 e. The van der Waals surface area contributed by atoms with Gasteiger partial charge in [0, 0.05) is 17.4 Å². The number of aromatic carboxylic acids is 1. The van der Waals surface area contributed by atoms with Crippen molar-refractivity contribution >= 4 is 40.9 Å². The quantitative estimate of drug-likeness (QED) is 0.561. The van der Waals surface area contributed by atoms with E-state index >= 15 is 0 Å². The number of aromatic amines is 1. The highest BCUT2D eigenvalue weighted by molar-refractivity contribution is 7.99. The molecular weight excluding hydrogens is 342 g/mol. The third-order valence-corrected chi connectivity index (χ3v) is 3.86. The summed E-state index contributed by atoms with van der Waals surface area (Å²) < 4.78 is 0. The second kappa shape index (κ2) is 7.30. The van der Waals surface area contributed by atoms with Crippen LogP contribution in [0.3, 0.4) is 0 Å².